The Kier molecular flexibility index (Phi) is 2.80. The van der Waals surface area contributed by atoms with Crippen molar-refractivity contribution in [2.75, 3.05) is 0 Å². The van der Waals surface area contributed by atoms with Crippen LogP contribution in [-0.4, -0.2) is 35.6 Å². The Balaban J connectivity index is 2.32. The van der Waals surface area contributed by atoms with Gasteiger partial charge in [0.15, 0.2) is 0 Å². The number of aryl methyl sites for hydroxylation is 1. The Labute approximate surface area is 100 Å². The molecule has 0 aliphatic heterocycles. The molecular weight excluding hydrogens is 242 g/mol. The molecule has 0 saturated heterocycles. The molecule has 0 aliphatic carbocycles. The molecule has 0 fully saturated rings. The Bertz CT molecular complexity index is 583. The Morgan fingerprint density at radius 1 is 1.56 bits per heavy atom. The molecule has 2 heterocycles. The third-order valence-electron chi connectivity index (χ3n) is 2.24. The molecule has 0 radical (unpaired) electrons. The van der Waals surface area contributed by atoms with Crippen LogP contribution < -0.4 is 0 Å². The van der Waals surface area contributed by atoms with Crippen LogP contribution in [0.4, 0.5) is 5.69 Å². The summed E-state index contributed by atoms with van der Waals surface area (Å²) in [5.41, 5.74) is -0.317. The van der Waals surface area contributed by atoms with Crippen molar-refractivity contribution in [2.24, 2.45) is 7.05 Å². The molecule has 0 unspecified atom stereocenters. The molecule has 0 aromatic carbocycles. The summed E-state index contributed by atoms with van der Waals surface area (Å²) in [6.07, 6.45) is 4.39. The Morgan fingerprint density at radius 3 is 2.72 bits per heavy atom. The molecule has 2 aromatic heterocycles. The lowest BCUT2D eigenvalue weighted by molar-refractivity contribution is -0.385. The van der Waals surface area contributed by atoms with Gasteiger partial charge in [-0.3, -0.25) is 19.5 Å². The predicted molar refractivity (Wildman–Crippen MR) is 58.2 cm³/mol. The fourth-order valence-electron chi connectivity index (χ4n) is 1.52. The zero-order valence-electron chi connectivity index (χ0n) is 9.35. The molecule has 94 valence electrons. The topological polar surface area (TPSA) is 116 Å². The first-order valence-electron chi connectivity index (χ1n) is 4.90. The van der Waals surface area contributed by atoms with Crippen LogP contribution in [0.25, 0.3) is 0 Å². The number of carbonyl (C=O) groups is 1. The number of nitro groups is 1. The van der Waals surface area contributed by atoms with E-state index in [1.165, 1.54) is 4.68 Å². The van der Waals surface area contributed by atoms with E-state index >= 15 is 0 Å². The van der Waals surface area contributed by atoms with Crippen molar-refractivity contribution in [3.05, 3.63) is 40.0 Å². The lowest BCUT2D eigenvalue weighted by atomic mass is 10.3. The zero-order chi connectivity index (χ0) is 13.3. The van der Waals surface area contributed by atoms with Crippen LogP contribution in [0, 0.1) is 10.1 Å². The maximum atomic E-state index is 10.8. The summed E-state index contributed by atoms with van der Waals surface area (Å²) in [6, 6.07) is 0. The molecule has 0 saturated carbocycles. The number of hydrogen-bond acceptors (Lipinski definition) is 5. The molecule has 9 nitrogen and oxygen atoms in total. The van der Waals surface area contributed by atoms with Crippen molar-refractivity contribution in [3.63, 3.8) is 0 Å². The summed E-state index contributed by atoms with van der Waals surface area (Å²) in [4.78, 5) is 20.7. The highest BCUT2D eigenvalue weighted by atomic mass is 16.6. The summed E-state index contributed by atoms with van der Waals surface area (Å²) in [6.45, 7) is 0.224. The van der Waals surface area contributed by atoms with E-state index in [2.05, 4.69) is 10.2 Å². The van der Waals surface area contributed by atoms with Gasteiger partial charge in [-0.2, -0.15) is 10.2 Å². The van der Waals surface area contributed by atoms with E-state index in [-0.39, 0.29) is 6.54 Å². The van der Waals surface area contributed by atoms with Crippen LogP contribution in [0.1, 0.15) is 16.1 Å². The number of aromatic nitrogens is 4. The number of rotatable bonds is 4. The molecule has 2 aromatic rings. The SMILES string of the molecule is Cn1cc(Cn2cc([N+](=O)[O-])c(C(=O)O)n2)cn1. The van der Waals surface area contributed by atoms with Gasteiger partial charge in [-0.25, -0.2) is 4.79 Å². The van der Waals surface area contributed by atoms with Gasteiger partial charge < -0.3 is 5.11 Å². The molecule has 0 spiro atoms. The van der Waals surface area contributed by atoms with Gasteiger partial charge in [0.1, 0.15) is 6.20 Å². The normalized spacial score (nSPS) is 10.5. The van der Waals surface area contributed by atoms with E-state index < -0.39 is 22.3 Å². The lowest BCUT2D eigenvalue weighted by Crippen LogP contribution is -2.04. The lowest BCUT2D eigenvalue weighted by Gasteiger charge is -1.95. The molecule has 1 N–H and O–H groups in total. The van der Waals surface area contributed by atoms with Gasteiger partial charge in [0, 0.05) is 18.8 Å². The minimum atomic E-state index is -1.42. The van der Waals surface area contributed by atoms with Crippen molar-refractivity contribution < 1.29 is 14.8 Å². The van der Waals surface area contributed by atoms with Gasteiger partial charge in [-0.05, 0) is 0 Å². The Morgan fingerprint density at radius 2 is 2.28 bits per heavy atom. The largest absolute Gasteiger partial charge is 0.476 e. The van der Waals surface area contributed by atoms with E-state index in [0.717, 1.165) is 11.8 Å². The highest BCUT2D eigenvalue weighted by molar-refractivity contribution is 5.89. The van der Waals surface area contributed by atoms with Gasteiger partial charge in [-0.1, -0.05) is 0 Å². The number of carboxylic acid groups (broad SMARTS) is 1. The van der Waals surface area contributed by atoms with Gasteiger partial charge in [-0.15, -0.1) is 0 Å². The van der Waals surface area contributed by atoms with Gasteiger partial charge >= 0.3 is 11.7 Å². The van der Waals surface area contributed by atoms with Gasteiger partial charge in [0.25, 0.3) is 0 Å². The fourth-order valence-corrected chi connectivity index (χ4v) is 1.52. The van der Waals surface area contributed by atoms with Gasteiger partial charge in [0.2, 0.25) is 5.69 Å². The minimum absolute atomic E-state index is 0.224. The van der Waals surface area contributed by atoms with Crippen molar-refractivity contribution in [1.82, 2.24) is 19.6 Å². The van der Waals surface area contributed by atoms with Crippen LogP contribution in [0.5, 0.6) is 0 Å². The van der Waals surface area contributed by atoms with E-state index in [9.17, 15) is 14.9 Å². The quantitative estimate of drug-likeness (QED) is 0.615. The monoisotopic (exact) mass is 251 g/mol. The first-order valence-corrected chi connectivity index (χ1v) is 4.90. The summed E-state index contributed by atoms with van der Waals surface area (Å²) < 4.78 is 2.78. The van der Waals surface area contributed by atoms with Crippen molar-refractivity contribution in [1.29, 1.82) is 0 Å². The molecule has 0 amide bonds. The molecule has 0 atom stereocenters. The highest BCUT2D eigenvalue weighted by Crippen LogP contribution is 2.17. The molecule has 18 heavy (non-hydrogen) atoms. The van der Waals surface area contributed by atoms with Crippen LogP contribution >= 0.6 is 0 Å². The summed E-state index contributed by atoms with van der Waals surface area (Å²) >= 11 is 0. The van der Waals surface area contributed by atoms with Crippen molar-refractivity contribution in [2.45, 2.75) is 6.54 Å². The minimum Gasteiger partial charge on any atom is -0.476 e. The first-order chi connectivity index (χ1) is 8.47. The van der Waals surface area contributed by atoms with E-state index in [1.54, 1.807) is 24.1 Å². The fraction of sp³-hybridized carbons (Fsp3) is 0.222. The standard InChI is InChI=1S/C9H9N5O4/c1-12-3-6(2-10-12)4-13-5-7(14(17)18)8(11-13)9(15)16/h2-3,5H,4H2,1H3,(H,15,16). The van der Waals surface area contributed by atoms with Crippen molar-refractivity contribution >= 4 is 11.7 Å². The van der Waals surface area contributed by atoms with Crippen LogP contribution in [0.2, 0.25) is 0 Å². The second-order valence-corrected chi connectivity index (χ2v) is 3.65. The number of carboxylic acids is 1. The first kappa shape index (κ1) is 11.8. The number of nitrogens with zero attached hydrogens (tertiary/aromatic N) is 5. The smallest absolute Gasteiger partial charge is 0.363 e. The predicted octanol–water partition coefficient (Wildman–Crippen LogP) is 0.271. The number of aromatic carboxylic acids is 1. The molecule has 2 rings (SSSR count). The average molecular weight is 251 g/mol. The molecule has 9 heteroatoms. The summed E-state index contributed by atoms with van der Waals surface area (Å²) in [5, 5.41) is 27.1. The highest BCUT2D eigenvalue weighted by Gasteiger charge is 2.25. The second kappa shape index (κ2) is 4.28. The maximum Gasteiger partial charge on any atom is 0.363 e. The molecule has 0 bridgehead atoms. The second-order valence-electron chi connectivity index (χ2n) is 3.65. The van der Waals surface area contributed by atoms with Crippen LogP contribution in [-0.2, 0) is 13.6 Å². The molecular formula is C9H9N5O4. The van der Waals surface area contributed by atoms with Crippen molar-refractivity contribution in [3.8, 4) is 0 Å². The zero-order valence-corrected chi connectivity index (χ0v) is 9.35. The summed E-state index contributed by atoms with van der Waals surface area (Å²) in [7, 11) is 1.73. The summed E-state index contributed by atoms with van der Waals surface area (Å²) in [5.74, 6) is -1.42. The Hall–Kier alpha value is -2.71. The van der Waals surface area contributed by atoms with E-state index in [0.29, 0.717) is 0 Å². The third kappa shape index (κ3) is 2.19. The maximum absolute atomic E-state index is 10.8. The van der Waals surface area contributed by atoms with E-state index in [4.69, 9.17) is 5.11 Å². The van der Waals surface area contributed by atoms with E-state index in [1.807, 2.05) is 0 Å². The van der Waals surface area contributed by atoms with Gasteiger partial charge in [0.05, 0.1) is 17.7 Å². The average Bonchev–Trinajstić information content (AvgIpc) is 2.85. The molecule has 0 aliphatic rings. The van der Waals surface area contributed by atoms with Crippen LogP contribution in [0.15, 0.2) is 18.6 Å². The third-order valence-corrected chi connectivity index (χ3v) is 2.24. The van der Waals surface area contributed by atoms with Crippen LogP contribution in [0.3, 0.4) is 0 Å². The number of hydrogen-bond donors (Lipinski definition) is 1.